The van der Waals surface area contributed by atoms with Gasteiger partial charge in [-0.15, -0.1) is 0 Å². The zero-order chi connectivity index (χ0) is 19.1. The summed E-state index contributed by atoms with van der Waals surface area (Å²) in [7, 11) is 1.53. The van der Waals surface area contributed by atoms with E-state index in [1.54, 1.807) is 36.4 Å². The van der Waals surface area contributed by atoms with Crippen LogP contribution in [0.3, 0.4) is 0 Å². The van der Waals surface area contributed by atoms with Crippen molar-refractivity contribution in [2.45, 2.75) is 6.42 Å². The van der Waals surface area contributed by atoms with Crippen molar-refractivity contribution in [2.24, 2.45) is 0 Å². The number of benzene rings is 3. The van der Waals surface area contributed by atoms with Crippen LogP contribution in [0.5, 0.6) is 17.2 Å². The van der Waals surface area contributed by atoms with Crippen molar-refractivity contribution in [3.8, 4) is 17.2 Å². The van der Waals surface area contributed by atoms with E-state index in [0.717, 1.165) is 6.42 Å². The molecule has 3 rings (SSSR count). The van der Waals surface area contributed by atoms with Crippen LogP contribution in [-0.4, -0.2) is 19.7 Å². The highest BCUT2D eigenvalue weighted by Crippen LogP contribution is 2.29. The number of esters is 1. The molecule has 5 heteroatoms. The first-order valence-corrected chi connectivity index (χ1v) is 9.28. The Hall–Kier alpha value is -2.79. The van der Waals surface area contributed by atoms with Gasteiger partial charge >= 0.3 is 5.97 Å². The second kappa shape index (κ2) is 9.24. The molecule has 0 heterocycles. The van der Waals surface area contributed by atoms with Crippen LogP contribution in [0.15, 0.2) is 77.3 Å². The Kier molecular flexibility index (Phi) is 6.49. The van der Waals surface area contributed by atoms with Gasteiger partial charge in [0.25, 0.3) is 0 Å². The molecule has 0 saturated heterocycles. The highest BCUT2D eigenvalue weighted by molar-refractivity contribution is 9.10. The first kappa shape index (κ1) is 19.0. The molecule has 4 nitrogen and oxygen atoms in total. The number of carbonyl (C=O) groups excluding carboxylic acids is 1. The van der Waals surface area contributed by atoms with Crippen LogP contribution in [0.1, 0.15) is 15.9 Å². The van der Waals surface area contributed by atoms with E-state index in [0.29, 0.717) is 33.9 Å². The molecule has 0 atom stereocenters. The quantitative estimate of drug-likeness (QED) is 0.379. The summed E-state index contributed by atoms with van der Waals surface area (Å²) in [5.41, 5.74) is 1.63. The molecule has 0 aliphatic rings. The van der Waals surface area contributed by atoms with Crippen molar-refractivity contribution in [3.63, 3.8) is 0 Å². The molecule has 0 aromatic heterocycles. The number of hydrogen-bond acceptors (Lipinski definition) is 4. The van der Waals surface area contributed by atoms with Crippen molar-refractivity contribution in [2.75, 3.05) is 13.7 Å². The average molecular weight is 427 g/mol. The molecule has 0 amide bonds. The summed E-state index contributed by atoms with van der Waals surface area (Å²) in [6.45, 7) is 0.549. The van der Waals surface area contributed by atoms with Gasteiger partial charge in [0.2, 0.25) is 0 Å². The lowest BCUT2D eigenvalue weighted by Crippen LogP contribution is -2.09. The fourth-order valence-electron chi connectivity index (χ4n) is 2.53. The number of rotatable bonds is 7. The van der Waals surface area contributed by atoms with Crippen molar-refractivity contribution < 1.29 is 19.0 Å². The van der Waals surface area contributed by atoms with Gasteiger partial charge in [0.15, 0.2) is 11.5 Å². The number of carbonyl (C=O) groups is 1. The Labute approximate surface area is 166 Å². The van der Waals surface area contributed by atoms with Crippen molar-refractivity contribution in [1.82, 2.24) is 0 Å². The Morgan fingerprint density at radius 1 is 0.889 bits per heavy atom. The third-order valence-corrected chi connectivity index (χ3v) is 4.55. The Bertz CT molecular complexity index is 909. The highest BCUT2D eigenvalue weighted by atomic mass is 79.9. The van der Waals surface area contributed by atoms with Crippen LogP contribution < -0.4 is 14.2 Å². The third-order valence-electron chi connectivity index (χ3n) is 3.93. The van der Waals surface area contributed by atoms with Gasteiger partial charge in [-0.05, 0) is 51.8 Å². The van der Waals surface area contributed by atoms with E-state index in [1.165, 1.54) is 12.7 Å². The lowest BCUT2D eigenvalue weighted by Gasteiger charge is -2.11. The van der Waals surface area contributed by atoms with E-state index in [-0.39, 0.29) is 0 Å². The fourth-order valence-corrected chi connectivity index (χ4v) is 3.02. The molecule has 3 aromatic rings. The van der Waals surface area contributed by atoms with Crippen molar-refractivity contribution in [3.05, 3.63) is 88.4 Å². The maximum absolute atomic E-state index is 12.4. The van der Waals surface area contributed by atoms with Gasteiger partial charge in [-0.1, -0.05) is 42.5 Å². The second-order valence-corrected chi connectivity index (χ2v) is 6.62. The summed E-state index contributed by atoms with van der Waals surface area (Å²) < 4.78 is 17.1. The molecule has 0 aliphatic heterocycles. The number of methoxy groups -OCH3 is 1. The summed E-state index contributed by atoms with van der Waals surface area (Å²) in [5, 5.41) is 0. The van der Waals surface area contributed by atoms with Crippen LogP contribution in [0, 0.1) is 0 Å². The molecular weight excluding hydrogens is 408 g/mol. The Balaban J connectivity index is 1.62. The zero-order valence-electron chi connectivity index (χ0n) is 14.9. The predicted octanol–water partition coefficient (Wildman–Crippen LogP) is 5.30. The molecule has 3 aromatic carbocycles. The van der Waals surface area contributed by atoms with Crippen molar-refractivity contribution in [1.29, 1.82) is 0 Å². The maximum atomic E-state index is 12.4. The highest BCUT2D eigenvalue weighted by Gasteiger charge is 2.14. The molecule has 0 aliphatic carbocycles. The van der Waals surface area contributed by atoms with Crippen molar-refractivity contribution >= 4 is 21.9 Å². The summed E-state index contributed by atoms with van der Waals surface area (Å²) in [4.78, 5) is 12.4. The molecule has 0 N–H and O–H groups in total. The summed E-state index contributed by atoms with van der Waals surface area (Å²) in [6, 6.07) is 22.3. The number of hydrogen-bond donors (Lipinski definition) is 0. The van der Waals surface area contributed by atoms with Gasteiger partial charge < -0.3 is 14.2 Å². The fraction of sp³-hybridized carbons (Fsp3) is 0.136. The van der Waals surface area contributed by atoms with E-state index >= 15 is 0 Å². The molecule has 0 bridgehead atoms. The van der Waals surface area contributed by atoms with Gasteiger partial charge in [0.05, 0.1) is 23.8 Å². The minimum atomic E-state index is -0.462. The van der Waals surface area contributed by atoms with E-state index < -0.39 is 5.97 Å². The van der Waals surface area contributed by atoms with Crippen LogP contribution >= 0.6 is 15.9 Å². The van der Waals surface area contributed by atoms with Crippen LogP contribution in [0.2, 0.25) is 0 Å². The molecule has 138 valence electrons. The monoisotopic (exact) mass is 426 g/mol. The van der Waals surface area contributed by atoms with Gasteiger partial charge in [0.1, 0.15) is 5.75 Å². The Morgan fingerprint density at radius 2 is 1.59 bits per heavy atom. The molecule has 0 spiro atoms. The van der Waals surface area contributed by atoms with E-state index in [9.17, 15) is 4.79 Å². The lowest BCUT2D eigenvalue weighted by atomic mass is 10.2. The largest absolute Gasteiger partial charge is 0.493 e. The summed E-state index contributed by atoms with van der Waals surface area (Å²) in [6.07, 6.45) is 0.810. The molecule has 27 heavy (non-hydrogen) atoms. The lowest BCUT2D eigenvalue weighted by molar-refractivity contribution is 0.0729. The zero-order valence-corrected chi connectivity index (χ0v) is 16.4. The molecule has 0 fully saturated rings. The number of halogens is 1. The van der Waals surface area contributed by atoms with Gasteiger partial charge in [0, 0.05) is 6.42 Å². The molecule has 0 unspecified atom stereocenters. The van der Waals surface area contributed by atoms with Gasteiger partial charge in [-0.25, -0.2) is 4.79 Å². The van der Waals surface area contributed by atoms with E-state index in [1.807, 2.05) is 24.3 Å². The smallest absolute Gasteiger partial charge is 0.343 e. The van der Waals surface area contributed by atoms with Gasteiger partial charge in [-0.2, -0.15) is 0 Å². The standard InChI is InChI=1S/C22H19BrO4/c1-25-20-9-5-6-10-21(20)27-22(24)17-11-12-19(18(23)15-17)26-14-13-16-7-3-2-4-8-16/h2-12,15H,13-14H2,1H3. The van der Waals surface area contributed by atoms with Crippen LogP contribution in [-0.2, 0) is 6.42 Å². The summed E-state index contributed by atoms with van der Waals surface area (Å²) in [5.74, 6) is 1.10. The van der Waals surface area contributed by atoms with E-state index in [4.69, 9.17) is 14.2 Å². The first-order valence-electron chi connectivity index (χ1n) is 8.49. The minimum absolute atomic E-state index is 0.379. The topological polar surface area (TPSA) is 44.8 Å². The number of ether oxygens (including phenoxy) is 3. The second-order valence-electron chi connectivity index (χ2n) is 5.77. The van der Waals surface area contributed by atoms with Crippen LogP contribution in [0.4, 0.5) is 0 Å². The minimum Gasteiger partial charge on any atom is -0.493 e. The molecule has 0 radical (unpaired) electrons. The van der Waals surface area contributed by atoms with Gasteiger partial charge in [-0.3, -0.25) is 0 Å². The Morgan fingerprint density at radius 3 is 2.30 bits per heavy atom. The van der Waals surface area contributed by atoms with Crippen LogP contribution in [0.25, 0.3) is 0 Å². The molecule has 0 saturated carbocycles. The number of para-hydroxylation sites is 2. The normalized spacial score (nSPS) is 10.3. The first-order chi connectivity index (χ1) is 13.2. The maximum Gasteiger partial charge on any atom is 0.343 e. The predicted molar refractivity (Wildman–Crippen MR) is 108 cm³/mol. The SMILES string of the molecule is COc1ccccc1OC(=O)c1ccc(OCCc2ccccc2)c(Br)c1. The average Bonchev–Trinajstić information content (AvgIpc) is 2.70. The molecular formula is C22H19BrO4. The summed E-state index contributed by atoms with van der Waals surface area (Å²) >= 11 is 3.46. The van der Waals surface area contributed by atoms with E-state index in [2.05, 4.69) is 28.1 Å². The third kappa shape index (κ3) is 5.11.